The molecule has 0 aliphatic rings. The monoisotopic (exact) mass is 644 g/mol. The number of unbranched alkanes of at least 4 members (excludes halogenated alkanes) is 1. The van der Waals surface area contributed by atoms with Crippen LogP contribution in [0.1, 0.15) is 52.0 Å². The summed E-state index contributed by atoms with van der Waals surface area (Å²) in [7, 11) is 0. The number of nitro groups is 1. The summed E-state index contributed by atoms with van der Waals surface area (Å²) in [6.45, 7) is 5.66. The topological polar surface area (TPSA) is 230 Å². The van der Waals surface area contributed by atoms with Crippen LogP contribution in [0.15, 0.2) is 48.5 Å². The molecule has 0 fully saturated rings. The molecule has 0 aromatic heterocycles. The van der Waals surface area contributed by atoms with Gasteiger partial charge in [0.1, 0.15) is 24.4 Å². The van der Waals surface area contributed by atoms with Gasteiger partial charge < -0.3 is 41.2 Å². The molecule has 0 saturated heterocycles. The molecule has 0 spiro atoms. The van der Waals surface area contributed by atoms with Crippen LogP contribution in [-0.4, -0.2) is 60.3 Å². The van der Waals surface area contributed by atoms with Crippen molar-refractivity contribution in [2.45, 2.75) is 65.1 Å². The number of benzene rings is 2. The predicted molar refractivity (Wildman–Crippen MR) is 166 cm³/mol. The number of primary amides is 1. The molecule has 0 unspecified atom stereocenters. The lowest BCUT2D eigenvalue weighted by Crippen LogP contribution is -2.54. The third-order valence-electron chi connectivity index (χ3n) is 6.38. The molecule has 46 heavy (non-hydrogen) atoms. The van der Waals surface area contributed by atoms with Gasteiger partial charge in [-0.2, -0.15) is 0 Å². The summed E-state index contributed by atoms with van der Waals surface area (Å²) in [4.78, 5) is 71.8. The number of urea groups is 1. The van der Waals surface area contributed by atoms with Crippen LogP contribution >= 0.6 is 0 Å². The van der Waals surface area contributed by atoms with Gasteiger partial charge in [0.15, 0.2) is 0 Å². The molecular weight excluding hydrogens is 604 g/mol. The Labute approximate surface area is 265 Å². The van der Waals surface area contributed by atoms with Gasteiger partial charge in [-0.25, -0.2) is 14.4 Å². The van der Waals surface area contributed by atoms with Crippen molar-refractivity contribution in [1.29, 1.82) is 0 Å². The van der Waals surface area contributed by atoms with Crippen molar-refractivity contribution in [3.05, 3.63) is 64.2 Å². The molecule has 16 nitrogen and oxygen atoms in total. The maximum atomic E-state index is 13.2. The van der Waals surface area contributed by atoms with Gasteiger partial charge in [-0.1, -0.05) is 39.3 Å². The average molecular weight is 645 g/mol. The lowest BCUT2D eigenvalue weighted by Gasteiger charge is -2.25. The zero-order valence-electron chi connectivity index (χ0n) is 25.9. The lowest BCUT2D eigenvalue weighted by atomic mass is 10.0. The summed E-state index contributed by atoms with van der Waals surface area (Å²) in [5.74, 6) is -1.38. The van der Waals surface area contributed by atoms with Crippen molar-refractivity contribution in [2.75, 3.05) is 18.5 Å². The highest BCUT2D eigenvalue weighted by Gasteiger charge is 2.29. The summed E-state index contributed by atoms with van der Waals surface area (Å²) in [5, 5.41) is 21.1. The number of non-ortho nitro benzene ring substituents is 1. The largest absolute Gasteiger partial charge is 0.514 e. The first-order chi connectivity index (χ1) is 21.9. The normalized spacial score (nSPS) is 11.8. The van der Waals surface area contributed by atoms with Gasteiger partial charge in [0.25, 0.3) is 5.69 Å². The molecule has 2 rings (SSSR count). The Balaban J connectivity index is 1.99. The van der Waals surface area contributed by atoms with Gasteiger partial charge in [-0.3, -0.25) is 19.7 Å². The maximum absolute atomic E-state index is 13.2. The van der Waals surface area contributed by atoms with E-state index in [-0.39, 0.29) is 43.5 Å². The highest BCUT2D eigenvalue weighted by atomic mass is 16.7. The van der Waals surface area contributed by atoms with E-state index in [0.29, 0.717) is 24.1 Å². The Hall–Kier alpha value is -5.41. The number of nitrogens with one attached hydrogen (secondary N) is 4. The number of hydrogen-bond donors (Lipinski definition) is 5. The fourth-order valence-electron chi connectivity index (χ4n) is 3.88. The summed E-state index contributed by atoms with van der Waals surface area (Å²) in [6.07, 6.45) is 0.216. The first kappa shape index (κ1) is 36.8. The molecule has 2 aromatic rings. The Morgan fingerprint density at radius 3 is 2.17 bits per heavy atom. The van der Waals surface area contributed by atoms with Crippen LogP contribution in [0.2, 0.25) is 0 Å². The van der Waals surface area contributed by atoms with Crippen molar-refractivity contribution >= 4 is 41.5 Å². The number of rotatable bonds is 17. The number of hydrogen-bond acceptors (Lipinski definition) is 10. The van der Waals surface area contributed by atoms with E-state index in [0.717, 1.165) is 6.42 Å². The second kappa shape index (κ2) is 19.1. The van der Waals surface area contributed by atoms with E-state index < -0.39 is 47.1 Å². The van der Waals surface area contributed by atoms with E-state index >= 15 is 0 Å². The number of ether oxygens (including phenoxy) is 3. The molecule has 0 aliphatic carbocycles. The van der Waals surface area contributed by atoms with Gasteiger partial charge in [0, 0.05) is 24.4 Å². The number of carbonyl (C=O) groups is 5. The molecule has 16 heteroatoms. The van der Waals surface area contributed by atoms with E-state index in [4.69, 9.17) is 19.9 Å². The second-order valence-electron chi connectivity index (χ2n) is 10.4. The fraction of sp³-hybridized carbons (Fsp3) is 0.433. The second-order valence-corrected chi connectivity index (χ2v) is 10.4. The fourth-order valence-corrected chi connectivity index (χ4v) is 3.88. The van der Waals surface area contributed by atoms with Crippen LogP contribution < -0.4 is 31.7 Å². The van der Waals surface area contributed by atoms with Crippen LogP contribution in [0.3, 0.4) is 0 Å². The third kappa shape index (κ3) is 13.5. The molecule has 0 aliphatic heterocycles. The van der Waals surface area contributed by atoms with Gasteiger partial charge in [-0.15, -0.1) is 0 Å². The molecule has 5 amide bonds. The van der Waals surface area contributed by atoms with Gasteiger partial charge in [-0.05, 0) is 55.0 Å². The quantitative estimate of drug-likeness (QED) is 0.0550. The SMILES string of the molecule is CCCCOC(=O)N[C@H](C(=O)N[C@@H](CCCNC(N)=O)C(=O)Nc1ccc(COC(=O)Oc2ccc([N+](=O)[O-])cc2)cc1)C(C)C. The van der Waals surface area contributed by atoms with Crippen molar-refractivity contribution in [3.63, 3.8) is 0 Å². The zero-order chi connectivity index (χ0) is 34.1. The third-order valence-corrected chi connectivity index (χ3v) is 6.38. The molecular formula is C30H40N6O10. The summed E-state index contributed by atoms with van der Waals surface area (Å²) >= 11 is 0. The van der Waals surface area contributed by atoms with E-state index in [1.165, 1.54) is 24.3 Å². The molecule has 0 bridgehead atoms. The van der Waals surface area contributed by atoms with Crippen LogP contribution in [0.25, 0.3) is 0 Å². The molecule has 0 heterocycles. The number of nitrogens with two attached hydrogens (primary N) is 1. The first-order valence-electron chi connectivity index (χ1n) is 14.6. The van der Waals surface area contributed by atoms with E-state index in [1.807, 2.05) is 6.92 Å². The van der Waals surface area contributed by atoms with Crippen LogP contribution in [0.5, 0.6) is 5.75 Å². The van der Waals surface area contributed by atoms with Gasteiger partial charge in [0.2, 0.25) is 11.8 Å². The highest BCUT2D eigenvalue weighted by Crippen LogP contribution is 2.18. The summed E-state index contributed by atoms with van der Waals surface area (Å²) < 4.78 is 15.2. The van der Waals surface area contributed by atoms with Gasteiger partial charge in [0.05, 0.1) is 11.5 Å². The first-order valence-corrected chi connectivity index (χ1v) is 14.6. The van der Waals surface area contributed by atoms with Gasteiger partial charge >= 0.3 is 18.3 Å². The lowest BCUT2D eigenvalue weighted by molar-refractivity contribution is -0.384. The standard InChI is InChI=1S/C30H40N6O10/c1-4-5-17-44-29(40)35-25(19(2)3)27(38)34-24(7-6-16-32-28(31)39)26(37)33-21-10-8-20(9-11-21)18-45-30(41)46-23-14-12-22(13-15-23)36(42)43/h8-15,19,24-25H,4-7,16-18H2,1-3H3,(H,33,37)(H,34,38)(H,35,40)(H3,31,32,39)/t24-,25-/m0/s1. The minimum Gasteiger partial charge on any atom is -0.450 e. The Morgan fingerprint density at radius 2 is 1.59 bits per heavy atom. The molecule has 0 saturated carbocycles. The van der Waals surface area contributed by atoms with E-state index in [2.05, 4.69) is 21.3 Å². The minimum atomic E-state index is -1.03. The van der Waals surface area contributed by atoms with Crippen LogP contribution in [-0.2, 0) is 25.7 Å². The van der Waals surface area contributed by atoms with Crippen LogP contribution in [0.4, 0.5) is 25.8 Å². The number of carbonyl (C=O) groups excluding carboxylic acids is 5. The van der Waals surface area contributed by atoms with Crippen molar-refractivity contribution in [1.82, 2.24) is 16.0 Å². The minimum absolute atomic E-state index is 0.0723. The van der Waals surface area contributed by atoms with Crippen molar-refractivity contribution < 1.29 is 43.1 Å². The molecule has 6 N–H and O–H groups in total. The Morgan fingerprint density at radius 1 is 0.913 bits per heavy atom. The molecule has 250 valence electrons. The van der Waals surface area contributed by atoms with E-state index in [1.54, 1.807) is 38.1 Å². The molecule has 2 aromatic carbocycles. The smallest absolute Gasteiger partial charge is 0.450 e. The number of anilines is 1. The van der Waals surface area contributed by atoms with E-state index in [9.17, 15) is 34.1 Å². The Bertz CT molecular complexity index is 1330. The number of alkyl carbamates (subject to hydrolysis) is 1. The number of nitro benzene ring substituents is 1. The predicted octanol–water partition coefficient (Wildman–Crippen LogP) is 3.73. The summed E-state index contributed by atoms with van der Waals surface area (Å²) in [5.41, 5.74) is 5.90. The number of nitrogens with zero attached hydrogens (tertiary/aromatic N) is 1. The highest BCUT2D eigenvalue weighted by molar-refractivity contribution is 5.98. The zero-order valence-corrected chi connectivity index (χ0v) is 25.9. The summed E-state index contributed by atoms with van der Waals surface area (Å²) in [6, 6.07) is 8.52. The maximum Gasteiger partial charge on any atom is 0.514 e. The van der Waals surface area contributed by atoms with Crippen molar-refractivity contribution in [2.24, 2.45) is 11.7 Å². The molecule has 2 atom stereocenters. The molecule has 0 radical (unpaired) electrons. The van der Waals surface area contributed by atoms with Crippen molar-refractivity contribution in [3.8, 4) is 5.75 Å². The van der Waals surface area contributed by atoms with Crippen LogP contribution in [0, 0.1) is 16.0 Å². The average Bonchev–Trinajstić information content (AvgIpc) is 3.01. The Kier molecular flexibility index (Phi) is 15.3. The number of amides is 5.